The lowest BCUT2D eigenvalue weighted by molar-refractivity contribution is 0.276. The Labute approximate surface area is 149 Å². The van der Waals surface area contributed by atoms with Crippen LogP contribution in [0.25, 0.3) is 0 Å². The zero-order valence-corrected chi connectivity index (χ0v) is 19.9. The van der Waals surface area contributed by atoms with Crippen LogP contribution in [0.2, 0.25) is 58.9 Å². The molecule has 0 aromatic heterocycles. The van der Waals surface area contributed by atoms with Gasteiger partial charge in [-0.15, -0.1) is 0 Å². The quantitative estimate of drug-likeness (QED) is 0.466. The van der Waals surface area contributed by atoms with Crippen molar-refractivity contribution in [2.75, 3.05) is 6.23 Å². The van der Waals surface area contributed by atoms with Crippen LogP contribution in [0.3, 0.4) is 0 Å². The Kier molecular flexibility index (Phi) is 10.2. The molecule has 0 heterocycles. The van der Waals surface area contributed by atoms with Gasteiger partial charge in [-0.25, -0.2) is 0 Å². The van der Waals surface area contributed by atoms with E-state index in [1.165, 1.54) is 0 Å². The molecule has 3 nitrogen and oxygen atoms in total. The van der Waals surface area contributed by atoms with E-state index in [1.807, 2.05) is 0 Å². The molecule has 0 spiro atoms. The summed E-state index contributed by atoms with van der Waals surface area (Å²) < 4.78 is 18.8. The van der Waals surface area contributed by atoms with Gasteiger partial charge in [-0.2, -0.15) is 0 Å². The molecule has 0 saturated heterocycles. The van der Waals surface area contributed by atoms with Gasteiger partial charge in [0.15, 0.2) is 16.6 Å². The van der Waals surface area contributed by atoms with Crippen molar-refractivity contribution in [3.05, 3.63) is 0 Å². The van der Waals surface area contributed by atoms with Crippen LogP contribution in [0.5, 0.6) is 0 Å². The summed E-state index contributed by atoms with van der Waals surface area (Å²) >= 11 is 0. The molecule has 0 amide bonds. The first-order chi connectivity index (χ1) is 9.68. The molecule has 0 fully saturated rings. The van der Waals surface area contributed by atoms with Gasteiger partial charge in [0.05, 0.1) is 6.23 Å². The predicted octanol–water partition coefficient (Wildman–Crippen LogP) is 4.72. The minimum Gasteiger partial charge on any atom is -0.454 e. The van der Waals surface area contributed by atoms with Crippen molar-refractivity contribution >= 4 is 33.5 Å². The summed E-state index contributed by atoms with van der Waals surface area (Å²) in [6, 6.07) is 0. The molecule has 0 N–H and O–H groups in total. The Morgan fingerprint density at radius 2 is 1.30 bits per heavy atom. The molecule has 0 saturated carbocycles. The third kappa shape index (κ3) is 14.0. The molecule has 0 unspecified atom stereocenters. The maximum Gasteiger partial charge on any atom is 0.321 e. The standard InChI is InChI=1S/C15H32O3Si4.CH4/c1-11-12-13-14-20(5,6)18-22(9,10)16-15-21(7,8)17-19(2,3)4;/h15H2,1-10H3;1H4. The Balaban J connectivity index is 0. The summed E-state index contributed by atoms with van der Waals surface area (Å²) in [5, 5.41) is 0. The molecule has 0 aliphatic heterocycles. The van der Waals surface area contributed by atoms with Gasteiger partial charge < -0.3 is 12.7 Å². The van der Waals surface area contributed by atoms with E-state index >= 15 is 0 Å². The van der Waals surface area contributed by atoms with Crippen molar-refractivity contribution in [2.24, 2.45) is 0 Å². The van der Waals surface area contributed by atoms with Gasteiger partial charge in [0, 0.05) is 0 Å². The molecular weight excluding hydrogens is 353 g/mol. The van der Waals surface area contributed by atoms with Gasteiger partial charge in [-0.05, 0) is 77.7 Å². The lowest BCUT2D eigenvalue weighted by Gasteiger charge is -2.35. The number of hydrogen-bond acceptors (Lipinski definition) is 3. The van der Waals surface area contributed by atoms with Crippen LogP contribution in [-0.4, -0.2) is 39.7 Å². The average Bonchev–Trinajstić information content (AvgIpc) is 2.22. The fraction of sp³-hybridized carbons (Fsp3) is 0.750. The van der Waals surface area contributed by atoms with Crippen molar-refractivity contribution < 1.29 is 12.7 Å². The summed E-state index contributed by atoms with van der Waals surface area (Å²) in [6.07, 6.45) is 0.684. The van der Waals surface area contributed by atoms with Crippen LogP contribution in [0.15, 0.2) is 0 Å². The molecule has 0 aliphatic rings. The molecule has 23 heavy (non-hydrogen) atoms. The first kappa shape index (κ1) is 25.1. The second-order valence-corrected chi connectivity index (χ2v) is 23.9. The van der Waals surface area contributed by atoms with Crippen molar-refractivity contribution in [3.8, 4) is 23.3 Å². The maximum absolute atomic E-state index is 6.31. The predicted molar refractivity (Wildman–Crippen MR) is 112 cm³/mol. The highest BCUT2D eigenvalue weighted by molar-refractivity contribution is 6.88. The zero-order chi connectivity index (χ0) is 17.7. The molecule has 0 radical (unpaired) electrons. The van der Waals surface area contributed by atoms with E-state index in [1.54, 1.807) is 6.92 Å². The Morgan fingerprint density at radius 1 is 0.783 bits per heavy atom. The van der Waals surface area contributed by atoms with Gasteiger partial charge in [0.25, 0.3) is 8.32 Å². The monoisotopic (exact) mass is 388 g/mol. The van der Waals surface area contributed by atoms with E-state index in [0.29, 0.717) is 6.23 Å². The van der Waals surface area contributed by atoms with E-state index in [4.69, 9.17) is 12.7 Å². The molecule has 0 bridgehead atoms. The van der Waals surface area contributed by atoms with E-state index < -0.39 is 33.5 Å². The van der Waals surface area contributed by atoms with Gasteiger partial charge in [-0.1, -0.05) is 18.9 Å². The van der Waals surface area contributed by atoms with Crippen LogP contribution in [0, 0.1) is 23.3 Å². The summed E-state index contributed by atoms with van der Waals surface area (Å²) in [5.41, 5.74) is 3.19. The SMILES string of the molecule is C.CC#CC#C[Si](C)(C)O[Si](C)(C)OC[Si](C)(C)O[Si](C)(C)C. The largest absolute Gasteiger partial charge is 0.454 e. The summed E-state index contributed by atoms with van der Waals surface area (Å²) in [4.78, 5) is 0. The average molecular weight is 389 g/mol. The number of rotatable bonds is 7. The van der Waals surface area contributed by atoms with E-state index in [9.17, 15) is 0 Å². The molecule has 0 aliphatic carbocycles. The highest BCUT2D eigenvalue weighted by Crippen LogP contribution is 2.19. The van der Waals surface area contributed by atoms with Gasteiger partial charge in [0.1, 0.15) is 0 Å². The van der Waals surface area contributed by atoms with Gasteiger partial charge in [-0.3, -0.25) is 0 Å². The molecule has 134 valence electrons. The minimum atomic E-state index is -2.20. The summed E-state index contributed by atoms with van der Waals surface area (Å²) in [6.45, 7) is 21.3. The third-order valence-electron chi connectivity index (χ3n) is 2.40. The fourth-order valence-electron chi connectivity index (χ4n) is 2.12. The first-order valence-electron chi connectivity index (χ1n) is 7.66. The molecule has 0 aromatic rings. The van der Waals surface area contributed by atoms with Crippen molar-refractivity contribution in [1.29, 1.82) is 0 Å². The van der Waals surface area contributed by atoms with Crippen LogP contribution in [-0.2, 0) is 12.7 Å². The second kappa shape index (κ2) is 9.38. The smallest absolute Gasteiger partial charge is 0.321 e. The van der Waals surface area contributed by atoms with Gasteiger partial charge in [0.2, 0.25) is 0 Å². The maximum atomic E-state index is 6.31. The highest BCUT2D eigenvalue weighted by atomic mass is 28.4. The normalized spacial score (nSPS) is 12.4. The highest BCUT2D eigenvalue weighted by Gasteiger charge is 2.37. The van der Waals surface area contributed by atoms with Crippen molar-refractivity contribution in [1.82, 2.24) is 0 Å². The fourth-order valence-corrected chi connectivity index (χ4v) is 17.5. The van der Waals surface area contributed by atoms with Crippen LogP contribution in [0.4, 0.5) is 0 Å². The van der Waals surface area contributed by atoms with Crippen LogP contribution < -0.4 is 0 Å². The summed E-state index contributed by atoms with van der Waals surface area (Å²) in [7, 11) is -7.60. The molecular formula is C16H36O3Si4. The number of hydrogen-bond donors (Lipinski definition) is 0. The van der Waals surface area contributed by atoms with Crippen LogP contribution in [0.1, 0.15) is 14.4 Å². The molecule has 7 heteroatoms. The van der Waals surface area contributed by atoms with Crippen molar-refractivity contribution in [3.63, 3.8) is 0 Å². The third-order valence-corrected chi connectivity index (χ3v) is 13.8. The molecule has 0 rings (SSSR count). The topological polar surface area (TPSA) is 27.7 Å². The first-order valence-corrected chi connectivity index (χ1v) is 19.9. The lowest BCUT2D eigenvalue weighted by Crippen LogP contribution is -2.52. The molecule has 0 aromatic carbocycles. The second-order valence-electron chi connectivity index (χ2n) is 7.90. The van der Waals surface area contributed by atoms with E-state index in [-0.39, 0.29) is 7.43 Å². The Hall–Kier alpha value is -0.132. The molecule has 0 atom stereocenters. The zero-order valence-electron chi connectivity index (χ0n) is 15.9. The van der Waals surface area contributed by atoms with E-state index in [0.717, 1.165) is 0 Å². The lowest BCUT2D eigenvalue weighted by atomic mass is 10.6. The van der Waals surface area contributed by atoms with E-state index in [2.05, 4.69) is 82.2 Å². The minimum absolute atomic E-state index is 0. The summed E-state index contributed by atoms with van der Waals surface area (Å²) in [5.74, 6) is 8.45. The van der Waals surface area contributed by atoms with Crippen LogP contribution >= 0.6 is 0 Å². The Morgan fingerprint density at radius 3 is 1.74 bits per heavy atom. The van der Waals surface area contributed by atoms with Gasteiger partial charge >= 0.3 is 8.56 Å². The Bertz CT molecular complexity index is 485. The van der Waals surface area contributed by atoms with Crippen molar-refractivity contribution in [2.45, 2.75) is 73.3 Å².